The smallest absolute Gasteiger partial charge is 0.264 e. The molecular formula is C25H28N2O3S. The molecule has 1 amide bonds. The highest BCUT2D eigenvalue weighted by molar-refractivity contribution is 7.92. The van der Waals surface area contributed by atoms with E-state index < -0.39 is 10.0 Å². The molecule has 0 aliphatic rings. The molecule has 0 fully saturated rings. The highest BCUT2D eigenvalue weighted by Gasteiger charge is 2.28. The van der Waals surface area contributed by atoms with Gasteiger partial charge in [-0.1, -0.05) is 73.7 Å². The molecule has 0 spiro atoms. The molecule has 0 heterocycles. The van der Waals surface area contributed by atoms with Crippen LogP contribution in [0.4, 0.5) is 5.69 Å². The SMILES string of the molecule is CCc1ccccc1N(CC(=O)NCCCc1ccccc1)S(=O)(=O)c1ccccc1. The Morgan fingerprint density at radius 2 is 1.48 bits per heavy atom. The van der Waals surface area contributed by atoms with Crippen LogP contribution in [0.25, 0.3) is 0 Å². The lowest BCUT2D eigenvalue weighted by molar-refractivity contribution is -0.119. The minimum atomic E-state index is -3.88. The molecule has 0 saturated heterocycles. The fourth-order valence-corrected chi connectivity index (χ4v) is 4.90. The van der Waals surface area contributed by atoms with Crippen LogP contribution >= 0.6 is 0 Å². The van der Waals surface area contributed by atoms with Gasteiger partial charge < -0.3 is 5.32 Å². The van der Waals surface area contributed by atoms with E-state index in [-0.39, 0.29) is 17.3 Å². The van der Waals surface area contributed by atoms with Crippen molar-refractivity contribution in [1.82, 2.24) is 5.32 Å². The van der Waals surface area contributed by atoms with Crippen LogP contribution in [0, 0.1) is 0 Å². The van der Waals surface area contributed by atoms with Gasteiger partial charge >= 0.3 is 0 Å². The van der Waals surface area contributed by atoms with Gasteiger partial charge in [-0.25, -0.2) is 8.42 Å². The maximum atomic E-state index is 13.4. The fraction of sp³-hybridized carbons (Fsp3) is 0.240. The predicted molar refractivity (Wildman–Crippen MR) is 125 cm³/mol. The lowest BCUT2D eigenvalue weighted by Crippen LogP contribution is -2.41. The van der Waals surface area contributed by atoms with Gasteiger partial charge in [0.05, 0.1) is 10.6 Å². The van der Waals surface area contributed by atoms with Crippen molar-refractivity contribution in [2.24, 2.45) is 0 Å². The van der Waals surface area contributed by atoms with Crippen molar-refractivity contribution in [3.63, 3.8) is 0 Å². The maximum Gasteiger partial charge on any atom is 0.264 e. The zero-order valence-corrected chi connectivity index (χ0v) is 18.5. The topological polar surface area (TPSA) is 66.5 Å². The van der Waals surface area contributed by atoms with E-state index in [9.17, 15) is 13.2 Å². The van der Waals surface area contributed by atoms with Gasteiger partial charge in [0.1, 0.15) is 6.54 Å². The van der Waals surface area contributed by atoms with Crippen LogP contribution in [0.5, 0.6) is 0 Å². The average Bonchev–Trinajstić information content (AvgIpc) is 2.81. The zero-order valence-electron chi connectivity index (χ0n) is 17.7. The molecule has 6 heteroatoms. The van der Waals surface area contributed by atoms with E-state index in [1.807, 2.05) is 37.3 Å². The molecule has 0 aliphatic heterocycles. The van der Waals surface area contributed by atoms with Gasteiger partial charge in [-0.2, -0.15) is 0 Å². The monoisotopic (exact) mass is 436 g/mol. The van der Waals surface area contributed by atoms with Crippen LogP contribution < -0.4 is 9.62 Å². The highest BCUT2D eigenvalue weighted by Crippen LogP contribution is 2.27. The first kappa shape index (κ1) is 22.6. The molecule has 0 radical (unpaired) electrons. The van der Waals surface area contributed by atoms with Gasteiger partial charge in [-0.3, -0.25) is 9.10 Å². The standard InChI is InChI=1S/C25H28N2O3S/c1-2-22-15-9-10-18-24(22)27(31(29,30)23-16-7-4-8-17-23)20-25(28)26-19-11-14-21-12-5-3-6-13-21/h3-10,12-13,15-18H,2,11,14,19-20H2,1H3,(H,26,28). The maximum absolute atomic E-state index is 13.4. The quantitative estimate of drug-likeness (QED) is 0.485. The number of nitrogens with one attached hydrogen (secondary N) is 1. The third-order valence-corrected chi connectivity index (χ3v) is 6.84. The van der Waals surface area contributed by atoms with E-state index in [1.165, 1.54) is 9.87 Å². The summed E-state index contributed by atoms with van der Waals surface area (Å²) in [5, 5.41) is 2.87. The molecule has 0 aromatic heterocycles. The first-order valence-electron chi connectivity index (χ1n) is 10.5. The molecule has 162 valence electrons. The van der Waals surface area contributed by atoms with Crippen molar-refractivity contribution in [1.29, 1.82) is 0 Å². The Hall–Kier alpha value is -3.12. The summed E-state index contributed by atoms with van der Waals surface area (Å²) in [6.45, 7) is 2.19. The first-order valence-corrected chi connectivity index (χ1v) is 11.9. The van der Waals surface area contributed by atoms with Gasteiger partial charge in [-0.15, -0.1) is 0 Å². The highest BCUT2D eigenvalue weighted by atomic mass is 32.2. The van der Waals surface area contributed by atoms with Crippen LogP contribution in [0.15, 0.2) is 89.8 Å². The van der Waals surface area contributed by atoms with E-state index in [1.54, 1.807) is 42.5 Å². The molecule has 0 unspecified atom stereocenters. The molecule has 5 nitrogen and oxygen atoms in total. The Labute approximate surface area is 184 Å². The molecule has 0 saturated carbocycles. The van der Waals surface area contributed by atoms with Crippen LogP contribution in [-0.4, -0.2) is 27.4 Å². The number of sulfonamides is 1. The van der Waals surface area contributed by atoms with Gasteiger partial charge in [0, 0.05) is 6.54 Å². The third-order valence-electron chi connectivity index (χ3n) is 5.07. The van der Waals surface area contributed by atoms with E-state index in [0.29, 0.717) is 18.7 Å². The van der Waals surface area contributed by atoms with Crippen molar-refractivity contribution in [2.45, 2.75) is 31.1 Å². The Balaban J connectivity index is 1.75. The molecule has 0 aliphatic carbocycles. The van der Waals surface area contributed by atoms with Gasteiger partial charge in [0.25, 0.3) is 10.0 Å². The summed E-state index contributed by atoms with van der Waals surface area (Å²) in [5.41, 5.74) is 2.62. The number of carbonyl (C=O) groups is 1. The Morgan fingerprint density at radius 3 is 2.16 bits per heavy atom. The summed E-state index contributed by atoms with van der Waals surface area (Å²) < 4.78 is 28.0. The van der Waals surface area contributed by atoms with E-state index in [2.05, 4.69) is 17.4 Å². The van der Waals surface area contributed by atoms with Crippen molar-refractivity contribution < 1.29 is 13.2 Å². The number of hydrogen-bond donors (Lipinski definition) is 1. The van der Waals surface area contributed by atoms with Crippen molar-refractivity contribution in [3.8, 4) is 0 Å². The molecule has 31 heavy (non-hydrogen) atoms. The number of para-hydroxylation sites is 1. The Kier molecular flexibility index (Phi) is 7.84. The summed E-state index contributed by atoms with van der Waals surface area (Å²) in [5.74, 6) is -0.321. The number of anilines is 1. The second-order valence-electron chi connectivity index (χ2n) is 7.25. The number of carbonyl (C=O) groups excluding carboxylic acids is 1. The third kappa shape index (κ3) is 5.95. The minimum absolute atomic E-state index is 0.165. The van der Waals surface area contributed by atoms with E-state index in [0.717, 1.165) is 18.4 Å². The van der Waals surface area contributed by atoms with Crippen molar-refractivity contribution in [3.05, 3.63) is 96.1 Å². The zero-order chi connectivity index (χ0) is 22.1. The number of amides is 1. The average molecular weight is 437 g/mol. The van der Waals surface area contributed by atoms with Crippen LogP contribution in [-0.2, 0) is 27.7 Å². The molecule has 3 aromatic rings. The van der Waals surface area contributed by atoms with Crippen LogP contribution in [0.2, 0.25) is 0 Å². The Morgan fingerprint density at radius 1 is 0.871 bits per heavy atom. The van der Waals surface area contributed by atoms with Gasteiger partial charge in [-0.05, 0) is 48.6 Å². The van der Waals surface area contributed by atoms with Crippen molar-refractivity contribution in [2.75, 3.05) is 17.4 Å². The molecule has 0 bridgehead atoms. The van der Waals surface area contributed by atoms with Crippen molar-refractivity contribution >= 4 is 21.6 Å². The molecule has 1 N–H and O–H groups in total. The number of benzene rings is 3. The largest absolute Gasteiger partial charge is 0.355 e. The van der Waals surface area contributed by atoms with Gasteiger partial charge in [0.2, 0.25) is 5.91 Å². The second-order valence-corrected chi connectivity index (χ2v) is 9.11. The molecule has 3 rings (SSSR count). The summed E-state index contributed by atoms with van der Waals surface area (Å²) >= 11 is 0. The molecule has 0 atom stereocenters. The number of aryl methyl sites for hydroxylation is 2. The lowest BCUT2D eigenvalue weighted by Gasteiger charge is -2.26. The first-order chi connectivity index (χ1) is 15.0. The fourth-order valence-electron chi connectivity index (χ4n) is 3.42. The number of rotatable bonds is 10. The molecular weight excluding hydrogens is 408 g/mol. The second kappa shape index (κ2) is 10.8. The molecule has 3 aromatic carbocycles. The summed E-state index contributed by atoms with van der Waals surface area (Å²) in [6.07, 6.45) is 2.30. The van der Waals surface area contributed by atoms with Crippen LogP contribution in [0.1, 0.15) is 24.5 Å². The number of hydrogen-bond acceptors (Lipinski definition) is 3. The van der Waals surface area contributed by atoms with Crippen LogP contribution in [0.3, 0.4) is 0 Å². The van der Waals surface area contributed by atoms with E-state index >= 15 is 0 Å². The summed E-state index contributed by atoms with van der Waals surface area (Å²) in [7, 11) is -3.88. The predicted octanol–water partition coefficient (Wildman–Crippen LogP) is 4.19. The van der Waals surface area contributed by atoms with Gasteiger partial charge in [0.15, 0.2) is 0 Å². The normalized spacial score (nSPS) is 11.1. The lowest BCUT2D eigenvalue weighted by atomic mass is 10.1. The summed E-state index contributed by atoms with van der Waals surface area (Å²) in [6, 6.07) is 25.6. The van der Waals surface area contributed by atoms with E-state index in [4.69, 9.17) is 0 Å². The number of nitrogens with zero attached hydrogens (tertiary/aromatic N) is 1. The minimum Gasteiger partial charge on any atom is -0.355 e. The Bertz CT molecular complexity index is 1080. The summed E-state index contributed by atoms with van der Waals surface area (Å²) in [4.78, 5) is 12.9.